The second-order valence-corrected chi connectivity index (χ2v) is 7.63. The average molecular weight is 450 g/mol. The van der Waals surface area contributed by atoms with Crippen LogP contribution in [0.5, 0.6) is 5.75 Å². The highest BCUT2D eigenvalue weighted by molar-refractivity contribution is 9.10. The SMILES string of the molecule is CN(C)C(CNC(=O)CN1C(=O)COc2cc(Br)ccc21)c1cccc(F)c1. The predicted octanol–water partition coefficient (Wildman–Crippen LogP) is 2.73. The number of ether oxygens (including phenoxy) is 1. The Morgan fingerprint density at radius 1 is 1.32 bits per heavy atom. The van der Waals surface area contributed by atoms with Gasteiger partial charge in [0.1, 0.15) is 18.1 Å². The fourth-order valence-electron chi connectivity index (χ4n) is 3.07. The number of hydrogen-bond acceptors (Lipinski definition) is 4. The van der Waals surface area contributed by atoms with E-state index in [2.05, 4.69) is 21.2 Å². The maximum atomic E-state index is 13.5. The van der Waals surface area contributed by atoms with Gasteiger partial charge in [-0.3, -0.25) is 14.5 Å². The van der Waals surface area contributed by atoms with Gasteiger partial charge in [0.2, 0.25) is 5.91 Å². The fourth-order valence-corrected chi connectivity index (χ4v) is 3.41. The topological polar surface area (TPSA) is 61.9 Å². The van der Waals surface area contributed by atoms with Gasteiger partial charge in [0, 0.05) is 11.0 Å². The van der Waals surface area contributed by atoms with Gasteiger partial charge in [0.25, 0.3) is 5.91 Å². The summed E-state index contributed by atoms with van der Waals surface area (Å²) in [6.07, 6.45) is 0. The molecule has 1 aliphatic heterocycles. The molecule has 0 aliphatic carbocycles. The van der Waals surface area contributed by atoms with Crippen molar-refractivity contribution in [2.24, 2.45) is 0 Å². The highest BCUT2D eigenvalue weighted by Crippen LogP contribution is 2.34. The zero-order valence-electron chi connectivity index (χ0n) is 15.6. The molecule has 1 aliphatic rings. The highest BCUT2D eigenvalue weighted by atomic mass is 79.9. The third-order valence-corrected chi connectivity index (χ3v) is 5.01. The summed E-state index contributed by atoms with van der Waals surface area (Å²) >= 11 is 3.36. The Kier molecular flexibility index (Phi) is 6.31. The number of likely N-dealkylation sites (N-methyl/N-ethyl adjacent to an activating group) is 1. The maximum Gasteiger partial charge on any atom is 0.265 e. The number of benzene rings is 2. The highest BCUT2D eigenvalue weighted by Gasteiger charge is 2.27. The van der Waals surface area contributed by atoms with Crippen molar-refractivity contribution in [1.82, 2.24) is 10.2 Å². The van der Waals surface area contributed by atoms with Crippen LogP contribution in [0.3, 0.4) is 0 Å². The van der Waals surface area contributed by atoms with Crippen LogP contribution in [-0.4, -0.2) is 50.5 Å². The minimum absolute atomic E-state index is 0.111. The molecule has 2 amide bonds. The summed E-state index contributed by atoms with van der Waals surface area (Å²) in [4.78, 5) is 28.1. The molecule has 1 unspecified atom stereocenters. The van der Waals surface area contributed by atoms with E-state index in [-0.39, 0.29) is 36.8 Å². The summed E-state index contributed by atoms with van der Waals surface area (Å²) in [5.41, 5.74) is 1.33. The van der Waals surface area contributed by atoms with Crippen LogP contribution in [0.2, 0.25) is 0 Å². The van der Waals surface area contributed by atoms with Crippen LogP contribution in [0, 0.1) is 5.82 Å². The van der Waals surface area contributed by atoms with Crippen LogP contribution in [0.1, 0.15) is 11.6 Å². The van der Waals surface area contributed by atoms with Crippen LogP contribution >= 0.6 is 15.9 Å². The molecule has 0 radical (unpaired) electrons. The van der Waals surface area contributed by atoms with Gasteiger partial charge in [-0.2, -0.15) is 0 Å². The Morgan fingerprint density at radius 2 is 2.11 bits per heavy atom. The summed E-state index contributed by atoms with van der Waals surface area (Å²) in [6, 6.07) is 11.4. The summed E-state index contributed by atoms with van der Waals surface area (Å²) < 4.78 is 19.8. The molecule has 0 fully saturated rings. The van der Waals surface area contributed by atoms with Gasteiger partial charge in [0.05, 0.1) is 11.7 Å². The van der Waals surface area contributed by atoms with Crippen molar-refractivity contribution < 1.29 is 18.7 Å². The van der Waals surface area contributed by atoms with Crippen LogP contribution in [0.25, 0.3) is 0 Å². The molecule has 0 spiro atoms. The molecule has 1 atom stereocenters. The number of fused-ring (bicyclic) bond motifs is 1. The smallest absolute Gasteiger partial charge is 0.265 e. The van der Waals surface area contributed by atoms with E-state index in [1.165, 1.54) is 17.0 Å². The number of hydrogen-bond donors (Lipinski definition) is 1. The van der Waals surface area contributed by atoms with Gasteiger partial charge in [-0.25, -0.2) is 4.39 Å². The first-order chi connectivity index (χ1) is 13.3. The first-order valence-electron chi connectivity index (χ1n) is 8.76. The van der Waals surface area contributed by atoms with Gasteiger partial charge < -0.3 is 15.0 Å². The number of nitrogens with zero attached hydrogens (tertiary/aromatic N) is 2. The molecule has 0 saturated carbocycles. The number of carbonyl (C=O) groups is 2. The lowest BCUT2D eigenvalue weighted by atomic mass is 10.1. The Hall–Kier alpha value is -2.45. The first kappa shape index (κ1) is 20.3. The lowest BCUT2D eigenvalue weighted by molar-refractivity contribution is -0.125. The maximum absolute atomic E-state index is 13.5. The molecule has 148 valence electrons. The second kappa shape index (κ2) is 8.70. The molecule has 28 heavy (non-hydrogen) atoms. The number of halogens is 2. The zero-order valence-corrected chi connectivity index (χ0v) is 17.2. The number of nitrogens with one attached hydrogen (secondary N) is 1. The molecule has 1 heterocycles. The zero-order chi connectivity index (χ0) is 20.3. The monoisotopic (exact) mass is 449 g/mol. The quantitative estimate of drug-likeness (QED) is 0.736. The molecular formula is C20H21BrFN3O3. The van der Waals surface area contributed by atoms with Gasteiger partial charge in [-0.15, -0.1) is 0 Å². The van der Waals surface area contributed by atoms with E-state index in [1.54, 1.807) is 24.3 Å². The van der Waals surface area contributed by atoms with Gasteiger partial charge >= 0.3 is 0 Å². The van der Waals surface area contributed by atoms with Crippen LogP contribution in [0.15, 0.2) is 46.9 Å². The van der Waals surface area contributed by atoms with Crippen LogP contribution in [0.4, 0.5) is 10.1 Å². The molecule has 1 N–H and O–H groups in total. The Labute approximate surface area is 171 Å². The molecule has 6 nitrogen and oxygen atoms in total. The second-order valence-electron chi connectivity index (χ2n) is 6.72. The van der Waals surface area contributed by atoms with E-state index in [0.29, 0.717) is 18.0 Å². The Balaban J connectivity index is 1.67. The predicted molar refractivity (Wildman–Crippen MR) is 108 cm³/mol. The number of rotatable bonds is 6. The summed E-state index contributed by atoms with van der Waals surface area (Å²) in [5.74, 6) is -0.350. The van der Waals surface area contributed by atoms with E-state index in [4.69, 9.17) is 4.74 Å². The average Bonchev–Trinajstić information content (AvgIpc) is 2.64. The van der Waals surface area contributed by atoms with E-state index >= 15 is 0 Å². The Morgan fingerprint density at radius 3 is 2.82 bits per heavy atom. The minimum atomic E-state index is -0.322. The third-order valence-electron chi connectivity index (χ3n) is 4.52. The third kappa shape index (κ3) is 4.69. The number of carbonyl (C=O) groups excluding carboxylic acids is 2. The fraction of sp³-hybridized carbons (Fsp3) is 0.300. The van der Waals surface area contributed by atoms with Crippen molar-refractivity contribution in [3.63, 3.8) is 0 Å². The number of anilines is 1. The van der Waals surface area contributed by atoms with Crippen molar-refractivity contribution in [2.45, 2.75) is 6.04 Å². The number of amides is 2. The molecule has 3 rings (SSSR count). The normalized spacial score (nSPS) is 14.5. The molecular weight excluding hydrogens is 429 g/mol. The molecule has 0 bridgehead atoms. The molecule has 2 aromatic rings. The molecule has 2 aromatic carbocycles. The van der Waals surface area contributed by atoms with E-state index < -0.39 is 0 Å². The van der Waals surface area contributed by atoms with Crippen molar-refractivity contribution >= 4 is 33.4 Å². The molecule has 0 saturated heterocycles. The largest absolute Gasteiger partial charge is 0.482 e. The lowest BCUT2D eigenvalue weighted by Crippen LogP contribution is -2.46. The van der Waals surface area contributed by atoms with Crippen LogP contribution < -0.4 is 15.0 Å². The first-order valence-corrected chi connectivity index (χ1v) is 9.56. The lowest BCUT2D eigenvalue weighted by Gasteiger charge is -2.30. The summed E-state index contributed by atoms with van der Waals surface area (Å²) in [6.45, 7) is 0.0709. The van der Waals surface area contributed by atoms with Crippen LogP contribution in [-0.2, 0) is 9.59 Å². The van der Waals surface area contributed by atoms with Crippen molar-refractivity contribution in [2.75, 3.05) is 38.7 Å². The summed E-state index contributed by atoms with van der Waals surface area (Å²) in [7, 11) is 3.72. The van der Waals surface area contributed by atoms with Crippen molar-refractivity contribution in [3.05, 3.63) is 58.3 Å². The minimum Gasteiger partial charge on any atom is -0.482 e. The van der Waals surface area contributed by atoms with E-state index in [9.17, 15) is 14.0 Å². The molecule has 8 heteroatoms. The van der Waals surface area contributed by atoms with Crippen molar-refractivity contribution in [1.29, 1.82) is 0 Å². The van der Waals surface area contributed by atoms with Gasteiger partial charge in [-0.1, -0.05) is 28.1 Å². The van der Waals surface area contributed by atoms with Crippen molar-refractivity contribution in [3.8, 4) is 5.75 Å². The summed E-state index contributed by atoms with van der Waals surface area (Å²) in [5, 5.41) is 2.85. The van der Waals surface area contributed by atoms with E-state index in [0.717, 1.165) is 10.0 Å². The van der Waals surface area contributed by atoms with E-state index in [1.807, 2.05) is 25.1 Å². The molecule has 0 aromatic heterocycles. The van der Waals surface area contributed by atoms with Gasteiger partial charge in [-0.05, 0) is 50.0 Å². The van der Waals surface area contributed by atoms with Gasteiger partial charge in [0.15, 0.2) is 6.61 Å². The Bertz CT molecular complexity index is 891. The standard InChI is InChI=1S/C20H21BrFN3O3/c1-24(2)17(13-4-3-5-15(22)8-13)10-23-19(26)11-25-16-7-6-14(21)9-18(16)28-12-20(25)27/h3-9,17H,10-12H2,1-2H3,(H,23,26).